The van der Waals surface area contributed by atoms with Crippen LogP contribution in [-0.2, 0) is 11.3 Å². The van der Waals surface area contributed by atoms with Gasteiger partial charge in [-0.3, -0.25) is 0 Å². The fourth-order valence-electron chi connectivity index (χ4n) is 2.74. The van der Waals surface area contributed by atoms with Crippen molar-refractivity contribution in [2.45, 2.75) is 65.0 Å². The van der Waals surface area contributed by atoms with Crippen molar-refractivity contribution >= 4 is 16.5 Å². The molecule has 0 amide bonds. The summed E-state index contributed by atoms with van der Waals surface area (Å²) in [6.07, 6.45) is 4.91. The molecule has 2 unspecified atom stereocenters. The standard InChI is InChI=1S/C16H29N3OS/c1-4-9-20-13-7-6-8-19(11-13)16-18-15(12(3)5-2)14(10-17)21-16/h12-13H,4-11,17H2,1-3H3. The lowest BCUT2D eigenvalue weighted by molar-refractivity contribution is 0.0440. The van der Waals surface area contributed by atoms with Crippen molar-refractivity contribution in [1.29, 1.82) is 0 Å². The molecule has 2 heterocycles. The van der Waals surface area contributed by atoms with E-state index in [1.54, 1.807) is 11.3 Å². The fourth-order valence-corrected chi connectivity index (χ4v) is 3.84. The summed E-state index contributed by atoms with van der Waals surface area (Å²) < 4.78 is 5.93. The number of ether oxygens (including phenoxy) is 1. The number of rotatable bonds is 7. The van der Waals surface area contributed by atoms with Gasteiger partial charge in [0.1, 0.15) is 0 Å². The van der Waals surface area contributed by atoms with E-state index in [4.69, 9.17) is 15.5 Å². The Bertz CT molecular complexity index is 435. The molecule has 0 aromatic carbocycles. The quantitative estimate of drug-likeness (QED) is 0.837. The molecule has 2 rings (SSSR count). The van der Waals surface area contributed by atoms with Crippen LogP contribution in [0.1, 0.15) is 62.9 Å². The van der Waals surface area contributed by atoms with E-state index in [0.29, 0.717) is 18.6 Å². The van der Waals surface area contributed by atoms with Crippen LogP contribution in [0.2, 0.25) is 0 Å². The van der Waals surface area contributed by atoms with Crippen LogP contribution < -0.4 is 10.6 Å². The summed E-state index contributed by atoms with van der Waals surface area (Å²) in [5.74, 6) is 0.491. The second-order valence-corrected chi connectivity index (χ2v) is 6.96. The van der Waals surface area contributed by atoms with Crippen molar-refractivity contribution in [2.24, 2.45) is 5.73 Å². The predicted molar refractivity (Wildman–Crippen MR) is 90.2 cm³/mol. The first-order valence-corrected chi connectivity index (χ1v) is 9.07. The van der Waals surface area contributed by atoms with Crippen LogP contribution in [0.25, 0.3) is 0 Å². The van der Waals surface area contributed by atoms with Crippen LogP contribution in [-0.4, -0.2) is 30.8 Å². The van der Waals surface area contributed by atoms with Gasteiger partial charge in [0.05, 0.1) is 11.8 Å². The molecule has 1 aliphatic heterocycles. The number of aromatic nitrogens is 1. The van der Waals surface area contributed by atoms with E-state index in [9.17, 15) is 0 Å². The summed E-state index contributed by atoms with van der Waals surface area (Å²) in [6.45, 7) is 10.1. The van der Waals surface area contributed by atoms with Gasteiger partial charge in [0.25, 0.3) is 0 Å². The van der Waals surface area contributed by atoms with Gasteiger partial charge in [-0.25, -0.2) is 4.98 Å². The van der Waals surface area contributed by atoms with E-state index in [1.165, 1.54) is 23.4 Å². The molecule has 0 saturated carbocycles. The van der Waals surface area contributed by atoms with Crippen molar-refractivity contribution in [3.63, 3.8) is 0 Å². The molecule has 1 saturated heterocycles. The Labute approximate surface area is 132 Å². The highest BCUT2D eigenvalue weighted by atomic mass is 32.1. The van der Waals surface area contributed by atoms with Gasteiger partial charge in [-0.05, 0) is 31.6 Å². The Morgan fingerprint density at radius 1 is 1.48 bits per heavy atom. The van der Waals surface area contributed by atoms with Crippen molar-refractivity contribution in [3.8, 4) is 0 Å². The normalized spacial score (nSPS) is 20.8. The summed E-state index contributed by atoms with van der Waals surface area (Å²) in [5.41, 5.74) is 7.11. The lowest BCUT2D eigenvalue weighted by Crippen LogP contribution is -2.39. The number of piperidine rings is 1. The van der Waals surface area contributed by atoms with Gasteiger partial charge in [-0.2, -0.15) is 0 Å². The Morgan fingerprint density at radius 3 is 2.95 bits per heavy atom. The van der Waals surface area contributed by atoms with Crippen molar-refractivity contribution in [2.75, 3.05) is 24.6 Å². The largest absolute Gasteiger partial charge is 0.376 e. The molecule has 0 radical (unpaired) electrons. The average Bonchev–Trinajstić information content (AvgIpc) is 2.96. The molecule has 120 valence electrons. The molecule has 4 nitrogen and oxygen atoms in total. The molecular formula is C16H29N3OS. The van der Waals surface area contributed by atoms with Crippen LogP contribution in [0.3, 0.4) is 0 Å². The lowest BCUT2D eigenvalue weighted by atomic mass is 10.0. The van der Waals surface area contributed by atoms with E-state index in [2.05, 4.69) is 25.7 Å². The molecule has 1 aliphatic rings. The van der Waals surface area contributed by atoms with Gasteiger partial charge in [-0.15, -0.1) is 11.3 Å². The van der Waals surface area contributed by atoms with Gasteiger partial charge in [0.2, 0.25) is 0 Å². The van der Waals surface area contributed by atoms with Crippen LogP contribution in [0.5, 0.6) is 0 Å². The maximum absolute atomic E-state index is 5.93. The molecule has 2 N–H and O–H groups in total. The minimum atomic E-state index is 0.357. The average molecular weight is 311 g/mol. The third kappa shape index (κ3) is 4.18. The number of thiazole rings is 1. The van der Waals surface area contributed by atoms with Crippen molar-refractivity contribution in [1.82, 2.24) is 4.98 Å². The van der Waals surface area contributed by atoms with E-state index < -0.39 is 0 Å². The van der Waals surface area contributed by atoms with Crippen LogP contribution in [0.15, 0.2) is 0 Å². The molecule has 1 aromatic heterocycles. The van der Waals surface area contributed by atoms with E-state index in [1.807, 2.05) is 0 Å². The summed E-state index contributed by atoms with van der Waals surface area (Å²) in [4.78, 5) is 8.53. The third-order valence-corrected chi connectivity index (χ3v) is 5.34. The molecule has 1 fully saturated rings. The highest BCUT2D eigenvalue weighted by Gasteiger charge is 2.24. The highest BCUT2D eigenvalue weighted by Crippen LogP contribution is 2.33. The highest BCUT2D eigenvalue weighted by molar-refractivity contribution is 7.15. The molecule has 21 heavy (non-hydrogen) atoms. The Kier molecular flexibility index (Phi) is 6.45. The molecule has 0 bridgehead atoms. The molecule has 0 spiro atoms. The van der Waals surface area contributed by atoms with Crippen LogP contribution in [0, 0.1) is 0 Å². The SMILES string of the molecule is CCCOC1CCCN(c2nc(C(C)CC)c(CN)s2)C1. The number of hydrogen-bond acceptors (Lipinski definition) is 5. The van der Waals surface area contributed by atoms with Crippen molar-refractivity contribution in [3.05, 3.63) is 10.6 Å². The molecule has 2 atom stereocenters. The first-order chi connectivity index (χ1) is 10.2. The number of nitrogens with zero attached hydrogens (tertiary/aromatic N) is 2. The number of nitrogens with two attached hydrogens (primary N) is 1. The second-order valence-electron chi connectivity index (χ2n) is 5.90. The number of anilines is 1. The minimum absolute atomic E-state index is 0.357. The Hall–Kier alpha value is -0.650. The maximum atomic E-state index is 5.93. The van der Waals surface area contributed by atoms with Gasteiger partial charge >= 0.3 is 0 Å². The maximum Gasteiger partial charge on any atom is 0.185 e. The Morgan fingerprint density at radius 2 is 2.29 bits per heavy atom. The molecule has 1 aromatic rings. The second kappa shape index (κ2) is 8.11. The zero-order chi connectivity index (χ0) is 15.2. The van der Waals surface area contributed by atoms with Gasteiger partial charge < -0.3 is 15.4 Å². The minimum Gasteiger partial charge on any atom is -0.376 e. The monoisotopic (exact) mass is 311 g/mol. The van der Waals surface area contributed by atoms with Crippen molar-refractivity contribution < 1.29 is 4.74 Å². The topological polar surface area (TPSA) is 51.4 Å². The smallest absolute Gasteiger partial charge is 0.185 e. The van der Waals surface area contributed by atoms with Gasteiger partial charge in [-0.1, -0.05) is 20.8 Å². The van der Waals surface area contributed by atoms with Crippen LogP contribution >= 0.6 is 11.3 Å². The summed E-state index contributed by atoms with van der Waals surface area (Å²) in [5, 5.41) is 1.13. The molecule has 0 aliphatic carbocycles. The molecule has 5 heteroatoms. The van der Waals surface area contributed by atoms with E-state index >= 15 is 0 Å². The zero-order valence-corrected chi connectivity index (χ0v) is 14.4. The third-order valence-electron chi connectivity index (χ3n) is 4.19. The first kappa shape index (κ1) is 16.7. The Balaban J connectivity index is 2.08. The van der Waals surface area contributed by atoms with Gasteiger partial charge in [0.15, 0.2) is 5.13 Å². The zero-order valence-electron chi connectivity index (χ0n) is 13.6. The summed E-state index contributed by atoms with van der Waals surface area (Å²) in [6, 6.07) is 0. The van der Waals surface area contributed by atoms with Gasteiger partial charge in [0, 0.05) is 31.1 Å². The summed E-state index contributed by atoms with van der Waals surface area (Å²) in [7, 11) is 0. The van der Waals surface area contributed by atoms with Crippen LogP contribution in [0.4, 0.5) is 5.13 Å². The van der Waals surface area contributed by atoms with E-state index in [0.717, 1.165) is 37.7 Å². The molecular weight excluding hydrogens is 282 g/mol. The van der Waals surface area contributed by atoms with E-state index in [-0.39, 0.29) is 0 Å². The fraction of sp³-hybridized carbons (Fsp3) is 0.812. The summed E-state index contributed by atoms with van der Waals surface area (Å²) >= 11 is 1.77. The predicted octanol–water partition coefficient (Wildman–Crippen LogP) is 3.51. The lowest BCUT2D eigenvalue weighted by Gasteiger charge is -2.32. The first-order valence-electron chi connectivity index (χ1n) is 8.25. The number of hydrogen-bond donors (Lipinski definition) is 1.